The van der Waals surface area contributed by atoms with Gasteiger partial charge < -0.3 is 4.74 Å². The molecule has 0 aliphatic carbocycles. The van der Waals surface area contributed by atoms with Crippen molar-refractivity contribution in [2.75, 3.05) is 5.32 Å². The van der Waals surface area contributed by atoms with E-state index in [1.54, 1.807) is 0 Å². The highest BCUT2D eigenvalue weighted by atomic mass is 32.1. The number of thiazole rings is 1. The van der Waals surface area contributed by atoms with Crippen molar-refractivity contribution in [2.45, 2.75) is 6.18 Å². The number of nitrogens with one attached hydrogen (secondary N) is 1. The molecule has 3 rings (SSSR count). The molecule has 0 bridgehead atoms. The summed E-state index contributed by atoms with van der Waals surface area (Å²) < 4.78 is 56.7. The van der Waals surface area contributed by atoms with Crippen molar-refractivity contribution in [3.05, 3.63) is 59.4 Å². The number of ether oxygens (including phenoxy) is 1. The van der Waals surface area contributed by atoms with Crippen LogP contribution in [0.25, 0.3) is 0 Å². The van der Waals surface area contributed by atoms with Gasteiger partial charge in [0.2, 0.25) is 0 Å². The van der Waals surface area contributed by atoms with E-state index in [9.17, 15) is 22.4 Å². The van der Waals surface area contributed by atoms with Crippen LogP contribution in [0.2, 0.25) is 0 Å². The molecule has 0 fully saturated rings. The maximum atomic E-state index is 13.7. The molecule has 0 saturated heterocycles. The Balaban J connectivity index is 1.78. The van der Waals surface area contributed by atoms with Crippen molar-refractivity contribution < 1.29 is 27.1 Å². The summed E-state index contributed by atoms with van der Waals surface area (Å²) in [4.78, 5) is 22.9. The second-order valence-electron chi connectivity index (χ2n) is 4.84. The van der Waals surface area contributed by atoms with Crippen molar-refractivity contribution in [1.82, 2.24) is 15.0 Å². The highest BCUT2D eigenvalue weighted by Crippen LogP contribution is 2.32. The third-order valence-corrected chi connectivity index (χ3v) is 3.68. The molecule has 0 unspecified atom stereocenters. The van der Waals surface area contributed by atoms with E-state index < -0.39 is 23.6 Å². The minimum Gasteiger partial charge on any atom is -0.454 e. The van der Waals surface area contributed by atoms with Gasteiger partial charge in [0, 0.05) is 17.0 Å². The van der Waals surface area contributed by atoms with E-state index >= 15 is 0 Å². The zero-order valence-electron chi connectivity index (χ0n) is 12.6. The predicted octanol–water partition coefficient (Wildman–Crippen LogP) is 4.14. The molecule has 2 aromatic heterocycles. The second kappa shape index (κ2) is 7.04. The minimum atomic E-state index is -4.61. The van der Waals surface area contributed by atoms with E-state index in [-0.39, 0.29) is 22.2 Å². The first kappa shape index (κ1) is 17.7. The van der Waals surface area contributed by atoms with Crippen LogP contribution in [0, 0.1) is 5.82 Å². The third-order valence-electron chi connectivity index (χ3n) is 2.92. The number of aromatic nitrogens is 3. The Morgan fingerprint density at radius 3 is 2.50 bits per heavy atom. The summed E-state index contributed by atoms with van der Waals surface area (Å²) in [7, 11) is 0. The van der Waals surface area contributed by atoms with Crippen LogP contribution in [0.4, 0.5) is 22.7 Å². The van der Waals surface area contributed by atoms with Gasteiger partial charge in [0.1, 0.15) is 17.9 Å². The van der Waals surface area contributed by atoms with E-state index in [1.165, 1.54) is 24.8 Å². The van der Waals surface area contributed by atoms with E-state index in [1.807, 2.05) is 0 Å². The molecular weight excluding hydrogens is 376 g/mol. The monoisotopic (exact) mass is 384 g/mol. The number of carbonyl (C=O) groups excluding carboxylic acids is 1. The van der Waals surface area contributed by atoms with Crippen LogP contribution < -0.4 is 10.1 Å². The van der Waals surface area contributed by atoms with Gasteiger partial charge in [-0.3, -0.25) is 10.1 Å². The van der Waals surface area contributed by atoms with Crippen LogP contribution in [-0.2, 0) is 6.18 Å². The quantitative estimate of drug-likeness (QED) is 0.685. The Bertz CT molecular complexity index is 931. The number of alkyl halides is 3. The molecule has 0 saturated carbocycles. The molecule has 1 amide bonds. The van der Waals surface area contributed by atoms with Gasteiger partial charge >= 0.3 is 6.18 Å². The molecule has 26 heavy (non-hydrogen) atoms. The maximum absolute atomic E-state index is 13.7. The van der Waals surface area contributed by atoms with Gasteiger partial charge in [-0.05, 0) is 12.1 Å². The molecule has 11 heteroatoms. The Morgan fingerprint density at radius 1 is 1.12 bits per heavy atom. The Morgan fingerprint density at radius 2 is 1.85 bits per heavy atom. The van der Waals surface area contributed by atoms with E-state index in [2.05, 4.69) is 20.3 Å². The molecule has 2 heterocycles. The molecule has 1 aromatic carbocycles. The molecule has 0 aliphatic heterocycles. The molecule has 0 atom stereocenters. The summed E-state index contributed by atoms with van der Waals surface area (Å²) in [6.45, 7) is 0. The first-order valence-electron chi connectivity index (χ1n) is 6.89. The zero-order valence-corrected chi connectivity index (χ0v) is 13.4. The number of benzene rings is 1. The molecular formula is C15H8F4N4O2S. The maximum Gasteiger partial charge on any atom is 0.434 e. The largest absolute Gasteiger partial charge is 0.454 e. The molecule has 0 aliphatic rings. The average Bonchev–Trinajstić information content (AvgIpc) is 3.04. The predicted molar refractivity (Wildman–Crippen MR) is 83.6 cm³/mol. The summed E-state index contributed by atoms with van der Waals surface area (Å²) in [5.41, 5.74) is -1.27. The number of hydrogen-bond donors (Lipinski definition) is 1. The lowest BCUT2D eigenvalue weighted by Gasteiger charge is -2.07. The summed E-state index contributed by atoms with van der Waals surface area (Å²) in [6.07, 6.45) is -0.657. The summed E-state index contributed by atoms with van der Waals surface area (Å²) >= 11 is 0.606. The fourth-order valence-electron chi connectivity index (χ4n) is 1.86. The van der Waals surface area contributed by atoms with Crippen LogP contribution in [0.3, 0.4) is 0 Å². The zero-order chi connectivity index (χ0) is 18.7. The van der Waals surface area contributed by atoms with Gasteiger partial charge in [-0.25, -0.2) is 19.3 Å². The van der Waals surface area contributed by atoms with Crippen molar-refractivity contribution in [2.24, 2.45) is 0 Å². The normalized spacial score (nSPS) is 11.2. The molecule has 1 N–H and O–H groups in total. The first-order chi connectivity index (χ1) is 12.3. The van der Waals surface area contributed by atoms with E-state index in [0.29, 0.717) is 11.3 Å². The van der Waals surface area contributed by atoms with Crippen LogP contribution in [0.15, 0.2) is 42.3 Å². The van der Waals surface area contributed by atoms with Crippen LogP contribution in [-0.4, -0.2) is 20.9 Å². The van der Waals surface area contributed by atoms with Crippen molar-refractivity contribution in [3.63, 3.8) is 0 Å². The highest BCUT2D eigenvalue weighted by Gasteiger charge is 2.34. The lowest BCUT2D eigenvalue weighted by molar-refractivity contribution is -0.140. The van der Waals surface area contributed by atoms with Crippen LogP contribution in [0.1, 0.15) is 16.1 Å². The lowest BCUT2D eigenvalue weighted by atomic mass is 10.2. The fraction of sp³-hybridized carbons (Fsp3) is 0.0667. The van der Waals surface area contributed by atoms with Crippen LogP contribution in [0.5, 0.6) is 11.5 Å². The number of amides is 1. The van der Waals surface area contributed by atoms with Gasteiger partial charge in [0.15, 0.2) is 16.6 Å². The second-order valence-corrected chi connectivity index (χ2v) is 5.70. The van der Waals surface area contributed by atoms with Crippen LogP contribution >= 0.6 is 11.3 Å². The van der Waals surface area contributed by atoms with E-state index in [0.717, 1.165) is 17.5 Å². The topological polar surface area (TPSA) is 77.0 Å². The van der Waals surface area contributed by atoms with Crippen molar-refractivity contribution in [3.8, 4) is 11.5 Å². The fourth-order valence-corrected chi connectivity index (χ4v) is 2.57. The first-order valence-corrected chi connectivity index (χ1v) is 7.77. The van der Waals surface area contributed by atoms with Gasteiger partial charge in [0.05, 0.1) is 12.4 Å². The highest BCUT2D eigenvalue weighted by molar-refractivity contribution is 7.14. The number of nitrogens with zero attached hydrogens (tertiary/aromatic N) is 3. The summed E-state index contributed by atoms with van der Waals surface area (Å²) in [5, 5.41) is 2.70. The molecule has 6 nitrogen and oxygen atoms in total. The standard InChI is InChI=1S/C15H8F4N4O2S/c16-9-1-8(2-10(3-9)25-11-4-20-7-21-5-11)13(24)23-14-22-12(6-26-14)15(17,18)19/h1-7H,(H,22,23,24). The Hall–Kier alpha value is -3.08. The average molecular weight is 384 g/mol. The molecule has 3 aromatic rings. The van der Waals surface area contributed by atoms with E-state index in [4.69, 9.17) is 4.74 Å². The lowest BCUT2D eigenvalue weighted by Crippen LogP contribution is -2.13. The number of hydrogen-bond acceptors (Lipinski definition) is 6. The summed E-state index contributed by atoms with van der Waals surface area (Å²) in [5.74, 6) is -1.37. The molecule has 0 radical (unpaired) electrons. The number of anilines is 1. The van der Waals surface area contributed by atoms with Gasteiger partial charge in [-0.1, -0.05) is 0 Å². The number of carbonyl (C=O) groups is 1. The molecule has 0 spiro atoms. The van der Waals surface area contributed by atoms with Crippen molar-refractivity contribution >= 4 is 22.4 Å². The Labute approximate surface area is 147 Å². The number of halogens is 4. The van der Waals surface area contributed by atoms with Gasteiger partial charge in [0.25, 0.3) is 5.91 Å². The Kier molecular flexibility index (Phi) is 4.80. The third kappa shape index (κ3) is 4.30. The number of rotatable bonds is 4. The van der Waals surface area contributed by atoms with Gasteiger partial charge in [-0.2, -0.15) is 13.2 Å². The smallest absolute Gasteiger partial charge is 0.434 e. The van der Waals surface area contributed by atoms with Gasteiger partial charge in [-0.15, -0.1) is 11.3 Å². The van der Waals surface area contributed by atoms with Crippen molar-refractivity contribution in [1.29, 1.82) is 0 Å². The SMILES string of the molecule is O=C(Nc1nc(C(F)(F)F)cs1)c1cc(F)cc(Oc2cncnc2)c1. The summed E-state index contributed by atoms with van der Waals surface area (Å²) in [6, 6.07) is 3.18. The minimum absolute atomic E-state index is 0.0000642. The molecule has 134 valence electrons.